The van der Waals surface area contributed by atoms with Gasteiger partial charge >= 0.3 is 0 Å². The van der Waals surface area contributed by atoms with Crippen molar-refractivity contribution < 1.29 is 4.92 Å². The summed E-state index contributed by atoms with van der Waals surface area (Å²) in [4.78, 5) is 14.9. The van der Waals surface area contributed by atoms with E-state index in [1.165, 1.54) is 19.0 Å². The molecule has 1 saturated heterocycles. The van der Waals surface area contributed by atoms with Crippen LogP contribution in [-0.2, 0) is 6.54 Å². The van der Waals surface area contributed by atoms with E-state index in [-0.39, 0.29) is 11.4 Å². The third kappa shape index (κ3) is 3.68. The first kappa shape index (κ1) is 14.7. The van der Waals surface area contributed by atoms with Crippen LogP contribution < -0.4 is 5.73 Å². The second kappa shape index (κ2) is 6.19. The maximum absolute atomic E-state index is 10.7. The fraction of sp³-hybridized carbons (Fsp3) is 0.571. The molecule has 6 heteroatoms. The average Bonchev–Trinajstić information content (AvgIpc) is 2.74. The fourth-order valence-electron chi connectivity index (χ4n) is 2.86. The molecule has 1 heterocycles. The van der Waals surface area contributed by atoms with Crippen molar-refractivity contribution in [3.05, 3.63) is 33.9 Å². The van der Waals surface area contributed by atoms with Crippen LogP contribution in [0, 0.1) is 16.0 Å². The smallest absolute Gasteiger partial charge is 0.292 e. The van der Waals surface area contributed by atoms with E-state index in [1.54, 1.807) is 12.1 Å². The second-order valence-corrected chi connectivity index (χ2v) is 5.76. The number of anilines is 1. The van der Waals surface area contributed by atoms with Crippen LogP contribution in [-0.4, -0.2) is 48.5 Å². The first-order chi connectivity index (χ1) is 9.45. The van der Waals surface area contributed by atoms with E-state index in [4.69, 9.17) is 5.73 Å². The molecule has 0 aromatic heterocycles. The average molecular weight is 278 g/mol. The molecule has 1 aromatic rings. The van der Waals surface area contributed by atoms with Gasteiger partial charge in [-0.3, -0.25) is 10.1 Å². The van der Waals surface area contributed by atoms with Crippen molar-refractivity contribution in [1.29, 1.82) is 0 Å². The Morgan fingerprint density at radius 1 is 1.55 bits per heavy atom. The van der Waals surface area contributed by atoms with E-state index >= 15 is 0 Å². The SMILES string of the molecule is CN1CCC(CN(C)Cc2ccc([N+](=O)[O-])c(N)c2)C1. The Labute approximate surface area is 119 Å². The minimum Gasteiger partial charge on any atom is -0.393 e. The summed E-state index contributed by atoms with van der Waals surface area (Å²) >= 11 is 0. The van der Waals surface area contributed by atoms with E-state index < -0.39 is 4.92 Å². The summed E-state index contributed by atoms with van der Waals surface area (Å²) in [7, 11) is 4.23. The molecule has 0 bridgehead atoms. The van der Waals surface area contributed by atoms with Gasteiger partial charge in [-0.15, -0.1) is 0 Å². The zero-order valence-electron chi connectivity index (χ0n) is 12.1. The second-order valence-electron chi connectivity index (χ2n) is 5.76. The summed E-state index contributed by atoms with van der Waals surface area (Å²) in [6.07, 6.45) is 1.24. The summed E-state index contributed by atoms with van der Waals surface area (Å²) < 4.78 is 0. The normalized spacial score (nSPS) is 19.6. The highest BCUT2D eigenvalue weighted by Crippen LogP contribution is 2.23. The molecule has 110 valence electrons. The number of nitro benzene ring substituents is 1. The molecule has 1 fully saturated rings. The number of nitrogens with zero attached hydrogens (tertiary/aromatic N) is 3. The summed E-state index contributed by atoms with van der Waals surface area (Å²) in [5.74, 6) is 0.709. The van der Waals surface area contributed by atoms with Gasteiger partial charge in [0.05, 0.1) is 4.92 Å². The molecule has 20 heavy (non-hydrogen) atoms. The molecule has 0 amide bonds. The lowest BCUT2D eigenvalue weighted by atomic mass is 10.1. The van der Waals surface area contributed by atoms with Gasteiger partial charge in [0.15, 0.2) is 0 Å². The number of benzene rings is 1. The van der Waals surface area contributed by atoms with Crippen molar-refractivity contribution in [2.75, 3.05) is 39.5 Å². The van der Waals surface area contributed by atoms with Crippen LogP contribution in [0.15, 0.2) is 18.2 Å². The Hall–Kier alpha value is -1.66. The number of likely N-dealkylation sites (tertiary alicyclic amines) is 1. The van der Waals surface area contributed by atoms with Gasteiger partial charge in [0.2, 0.25) is 0 Å². The molecular formula is C14H22N4O2. The van der Waals surface area contributed by atoms with Crippen molar-refractivity contribution in [3.8, 4) is 0 Å². The Kier molecular flexibility index (Phi) is 4.57. The predicted octanol–water partition coefficient (Wildman–Crippen LogP) is 1.56. The quantitative estimate of drug-likeness (QED) is 0.502. The highest BCUT2D eigenvalue weighted by atomic mass is 16.6. The van der Waals surface area contributed by atoms with E-state index in [1.807, 2.05) is 0 Å². The maximum atomic E-state index is 10.7. The van der Waals surface area contributed by atoms with Gasteiger partial charge in [-0.05, 0) is 44.6 Å². The topological polar surface area (TPSA) is 75.6 Å². The highest BCUT2D eigenvalue weighted by Gasteiger charge is 2.21. The number of hydrogen-bond donors (Lipinski definition) is 1. The molecule has 0 saturated carbocycles. The zero-order chi connectivity index (χ0) is 14.7. The summed E-state index contributed by atoms with van der Waals surface area (Å²) in [5, 5.41) is 10.7. The molecule has 2 N–H and O–H groups in total. The first-order valence-electron chi connectivity index (χ1n) is 6.85. The van der Waals surface area contributed by atoms with Gasteiger partial charge in [0, 0.05) is 25.7 Å². The molecule has 2 rings (SSSR count). The van der Waals surface area contributed by atoms with Crippen LogP contribution in [0.25, 0.3) is 0 Å². The summed E-state index contributed by atoms with van der Waals surface area (Å²) in [6.45, 7) is 4.12. The number of hydrogen-bond acceptors (Lipinski definition) is 5. The van der Waals surface area contributed by atoms with E-state index in [0.29, 0.717) is 5.92 Å². The maximum Gasteiger partial charge on any atom is 0.292 e. The molecule has 0 aliphatic carbocycles. The van der Waals surface area contributed by atoms with Crippen LogP contribution in [0.5, 0.6) is 0 Å². The zero-order valence-corrected chi connectivity index (χ0v) is 12.1. The van der Waals surface area contributed by atoms with Gasteiger partial charge in [-0.1, -0.05) is 6.07 Å². The highest BCUT2D eigenvalue weighted by molar-refractivity contribution is 5.59. The number of rotatable bonds is 5. The largest absolute Gasteiger partial charge is 0.393 e. The molecule has 1 unspecified atom stereocenters. The summed E-state index contributed by atoms with van der Waals surface area (Å²) in [6, 6.07) is 4.98. The van der Waals surface area contributed by atoms with E-state index in [0.717, 1.165) is 25.2 Å². The third-order valence-corrected chi connectivity index (χ3v) is 3.80. The van der Waals surface area contributed by atoms with Crippen LogP contribution in [0.4, 0.5) is 11.4 Å². The van der Waals surface area contributed by atoms with Crippen LogP contribution >= 0.6 is 0 Å². The van der Waals surface area contributed by atoms with Gasteiger partial charge in [0.1, 0.15) is 5.69 Å². The standard InChI is InChI=1S/C14H22N4O2/c1-16-6-5-12(9-16)10-17(2)8-11-3-4-14(18(19)20)13(15)7-11/h3-4,7,12H,5-6,8-10,15H2,1-2H3. The molecule has 0 spiro atoms. The lowest BCUT2D eigenvalue weighted by Gasteiger charge is -2.21. The Balaban J connectivity index is 1.92. The Morgan fingerprint density at radius 3 is 2.85 bits per heavy atom. The van der Waals surface area contributed by atoms with Crippen molar-refractivity contribution in [2.45, 2.75) is 13.0 Å². The molecule has 6 nitrogen and oxygen atoms in total. The number of nitrogen functional groups attached to an aromatic ring is 1. The van der Waals surface area contributed by atoms with Gasteiger partial charge < -0.3 is 15.5 Å². The van der Waals surface area contributed by atoms with Crippen molar-refractivity contribution >= 4 is 11.4 Å². The Morgan fingerprint density at radius 2 is 2.30 bits per heavy atom. The molecule has 1 aliphatic heterocycles. The van der Waals surface area contributed by atoms with Crippen molar-refractivity contribution in [2.24, 2.45) is 5.92 Å². The number of nitro groups is 1. The Bertz CT molecular complexity index is 492. The lowest BCUT2D eigenvalue weighted by Crippen LogP contribution is -2.27. The molecule has 0 radical (unpaired) electrons. The minimum atomic E-state index is -0.447. The monoisotopic (exact) mass is 278 g/mol. The molecule has 1 atom stereocenters. The van der Waals surface area contributed by atoms with Crippen molar-refractivity contribution in [3.63, 3.8) is 0 Å². The molecule has 1 aromatic carbocycles. The lowest BCUT2D eigenvalue weighted by molar-refractivity contribution is -0.383. The van der Waals surface area contributed by atoms with Crippen LogP contribution in [0.1, 0.15) is 12.0 Å². The van der Waals surface area contributed by atoms with E-state index in [2.05, 4.69) is 23.9 Å². The third-order valence-electron chi connectivity index (χ3n) is 3.80. The molecular weight excluding hydrogens is 256 g/mol. The predicted molar refractivity (Wildman–Crippen MR) is 79.4 cm³/mol. The van der Waals surface area contributed by atoms with Gasteiger partial charge in [-0.2, -0.15) is 0 Å². The van der Waals surface area contributed by atoms with Gasteiger partial charge in [0.25, 0.3) is 5.69 Å². The van der Waals surface area contributed by atoms with Crippen LogP contribution in [0.3, 0.4) is 0 Å². The minimum absolute atomic E-state index is 0.0196. The van der Waals surface area contributed by atoms with E-state index in [9.17, 15) is 10.1 Å². The van der Waals surface area contributed by atoms with Gasteiger partial charge in [-0.25, -0.2) is 0 Å². The fourth-order valence-corrected chi connectivity index (χ4v) is 2.86. The van der Waals surface area contributed by atoms with Crippen molar-refractivity contribution in [1.82, 2.24) is 9.80 Å². The number of nitrogens with two attached hydrogens (primary N) is 1. The van der Waals surface area contributed by atoms with Crippen LogP contribution in [0.2, 0.25) is 0 Å². The summed E-state index contributed by atoms with van der Waals surface area (Å²) in [5.41, 5.74) is 6.95. The first-order valence-corrected chi connectivity index (χ1v) is 6.85. The molecule has 1 aliphatic rings.